The van der Waals surface area contributed by atoms with Gasteiger partial charge in [0.2, 0.25) is 0 Å². The quantitative estimate of drug-likeness (QED) is 0.810. The Morgan fingerprint density at radius 2 is 1.80 bits per heavy atom. The Morgan fingerprint density at radius 3 is 2.28 bits per heavy atom. The third-order valence-corrected chi connectivity index (χ3v) is 4.65. The van der Waals surface area contributed by atoms with Gasteiger partial charge in [-0.25, -0.2) is 14.8 Å². The maximum Gasteiger partial charge on any atom is 0.419 e. The first-order valence-electron chi connectivity index (χ1n) is 8.32. The van der Waals surface area contributed by atoms with E-state index in [9.17, 15) is 18.0 Å². The summed E-state index contributed by atoms with van der Waals surface area (Å²) in [6.45, 7) is 6.89. The molecule has 1 aromatic rings. The highest BCUT2D eigenvalue weighted by atomic mass is 19.4. The third kappa shape index (κ3) is 4.04. The second kappa shape index (κ2) is 5.85. The maximum absolute atomic E-state index is 12.5. The molecular weight excluding hydrogens is 335 g/mol. The van der Waals surface area contributed by atoms with Gasteiger partial charge in [-0.1, -0.05) is 0 Å². The number of likely N-dealkylation sites (tertiary alicyclic amines) is 1. The smallest absolute Gasteiger partial charge is 0.419 e. The zero-order chi connectivity index (χ0) is 18.5. The summed E-state index contributed by atoms with van der Waals surface area (Å²) >= 11 is 0. The number of alkyl halides is 3. The lowest BCUT2D eigenvalue weighted by Crippen LogP contribution is -2.64. The summed E-state index contributed by atoms with van der Waals surface area (Å²) in [6.07, 6.45) is -0.558. The lowest BCUT2D eigenvalue weighted by atomic mass is 9.57. The van der Waals surface area contributed by atoms with Gasteiger partial charge in [-0.3, -0.25) is 0 Å². The van der Waals surface area contributed by atoms with Crippen molar-refractivity contribution in [3.63, 3.8) is 0 Å². The fourth-order valence-corrected chi connectivity index (χ4v) is 3.65. The molecule has 2 heterocycles. The molecule has 1 aromatic heterocycles. The van der Waals surface area contributed by atoms with Gasteiger partial charge < -0.3 is 9.64 Å². The van der Waals surface area contributed by atoms with Gasteiger partial charge in [-0.15, -0.1) is 0 Å². The van der Waals surface area contributed by atoms with Crippen molar-refractivity contribution in [2.75, 3.05) is 13.1 Å². The summed E-state index contributed by atoms with van der Waals surface area (Å²) < 4.78 is 42.8. The average Bonchev–Trinajstić information content (AvgIpc) is 2.37. The van der Waals surface area contributed by atoms with Crippen LogP contribution in [-0.4, -0.2) is 39.7 Å². The Hall–Kier alpha value is -1.86. The number of amides is 1. The van der Waals surface area contributed by atoms with E-state index < -0.39 is 17.3 Å². The molecule has 0 N–H and O–H groups in total. The first-order valence-corrected chi connectivity index (χ1v) is 8.32. The van der Waals surface area contributed by atoms with Gasteiger partial charge in [0.25, 0.3) is 0 Å². The summed E-state index contributed by atoms with van der Waals surface area (Å²) in [5, 5.41) is 0. The number of carbonyl (C=O) groups is 1. The fraction of sp³-hybridized carbons (Fsp3) is 0.706. The number of aromatic nitrogens is 2. The molecule has 3 rings (SSSR count). The molecule has 25 heavy (non-hydrogen) atoms. The van der Waals surface area contributed by atoms with Crippen LogP contribution in [0.25, 0.3) is 0 Å². The molecule has 1 saturated heterocycles. The minimum absolute atomic E-state index is 0.146. The average molecular weight is 357 g/mol. The molecule has 1 amide bonds. The number of hydrogen-bond acceptors (Lipinski definition) is 4. The molecular formula is C17H22F3N3O2. The molecule has 138 valence electrons. The second-order valence-electron chi connectivity index (χ2n) is 8.20. The summed E-state index contributed by atoms with van der Waals surface area (Å²) in [4.78, 5) is 21.3. The normalized spacial score (nSPS) is 20.2. The highest BCUT2D eigenvalue weighted by Crippen LogP contribution is 2.52. The van der Waals surface area contributed by atoms with Crippen molar-refractivity contribution in [3.8, 4) is 0 Å². The molecule has 0 atom stereocenters. The number of rotatable bonds is 2. The molecule has 0 unspecified atom stereocenters. The molecule has 2 aliphatic rings. The maximum atomic E-state index is 12.5. The molecule has 1 aliphatic carbocycles. The van der Waals surface area contributed by atoms with Crippen molar-refractivity contribution in [3.05, 3.63) is 23.8 Å². The van der Waals surface area contributed by atoms with Gasteiger partial charge in [0, 0.05) is 37.3 Å². The zero-order valence-corrected chi connectivity index (χ0v) is 14.6. The fourth-order valence-electron chi connectivity index (χ4n) is 3.65. The second-order valence-corrected chi connectivity index (χ2v) is 8.20. The van der Waals surface area contributed by atoms with Crippen LogP contribution in [0.2, 0.25) is 0 Å². The molecule has 5 nitrogen and oxygen atoms in total. The number of hydrogen-bond donors (Lipinski definition) is 0. The molecule has 1 saturated carbocycles. The topological polar surface area (TPSA) is 55.3 Å². The van der Waals surface area contributed by atoms with Crippen molar-refractivity contribution in [2.24, 2.45) is 11.3 Å². The Morgan fingerprint density at radius 1 is 1.24 bits per heavy atom. The minimum Gasteiger partial charge on any atom is -0.444 e. The lowest BCUT2D eigenvalue weighted by molar-refractivity contribution is -0.138. The van der Waals surface area contributed by atoms with Crippen LogP contribution in [0.15, 0.2) is 12.4 Å². The number of nitrogens with zero attached hydrogens (tertiary/aromatic N) is 3. The molecule has 2 fully saturated rings. The molecule has 0 aromatic carbocycles. The van der Waals surface area contributed by atoms with Crippen LogP contribution < -0.4 is 0 Å². The number of ether oxygens (including phenoxy) is 1. The lowest BCUT2D eigenvalue weighted by Gasteiger charge is -2.58. The predicted molar refractivity (Wildman–Crippen MR) is 83.7 cm³/mol. The van der Waals surface area contributed by atoms with Gasteiger partial charge in [0.1, 0.15) is 11.4 Å². The zero-order valence-electron chi connectivity index (χ0n) is 14.6. The number of halogens is 3. The van der Waals surface area contributed by atoms with Gasteiger partial charge in [0.15, 0.2) is 0 Å². The highest BCUT2D eigenvalue weighted by molar-refractivity contribution is 5.69. The summed E-state index contributed by atoms with van der Waals surface area (Å²) in [5.74, 6) is 0.800. The Balaban J connectivity index is 1.44. The number of carbonyl (C=O) groups excluding carboxylic acids is 1. The molecule has 0 bridgehead atoms. The first-order chi connectivity index (χ1) is 11.5. The van der Waals surface area contributed by atoms with E-state index in [4.69, 9.17) is 4.74 Å². The van der Waals surface area contributed by atoms with E-state index in [0.29, 0.717) is 31.3 Å². The monoisotopic (exact) mass is 357 g/mol. The molecule has 0 radical (unpaired) electrons. The van der Waals surface area contributed by atoms with Gasteiger partial charge in [-0.2, -0.15) is 13.2 Å². The first kappa shape index (κ1) is 17.9. The SMILES string of the molecule is CC(C)(C)OC(=O)N1CC2(CC(Cc3ncc(C(F)(F)F)cn3)C2)C1. The van der Waals surface area contributed by atoms with Gasteiger partial charge in [-0.05, 0) is 39.5 Å². The third-order valence-electron chi connectivity index (χ3n) is 4.65. The van der Waals surface area contributed by atoms with E-state index in [1.807, 2.05) is 20.8 Å². The van der Waals surface area contributed by atoms with Crippen LogP contribution in [0.1, 0.15) is 45.0 Å². The Kier molecular flexibility index (Phi) is 4.20. The minimum atomic E-state index is -4.41. The van der Waals surface area contributed by atoms with E-state index in [1.165, 1.54) is 0 Å². The van der Waals surface area contributed by atoms with E-state index >= 15 is 0 Å². The largest absolute Gasteiger partial charge is 0.444 e. The molecule has 1 spiro atoms. The van der Waals surface area contributed by atoms with Gasteiger partial charge >= 0.3 is 12.3 Å². The Labute approximate surface area is 144 Å². The van der Waals surface area contributed by atoms with Crippen LogP contribution in [0, 0.1) is 11.3 Å². The van der Waals surface area contributed by atoms with Crippen LogP contribution in [0.5, 0.6) is 0 Å². The van der Waals surface area contributed by atoms with Gasteiger partial charge in [0.05, 0.1) is 5.56 Å². The van der Waals surface area contributed by atoms with E-state index in [1.54, 1.807) is 4.90 Å². The van der Waals surface area contributed by atoms with E-state index in [0.717, 1.165) is 25.2 Å². The summed E-state index contributed by atoms with van der Waals surface area (Å²) in [5.41, 5.74) is -1.18. The van der Waals surface area contributed by atoms with Crippen LogP contribution in [0.4, 0.5) is 18.0 Å². The van der Waals surface area contributed by atoms with Crippen molar-refractivity contribution in [2.45, 2.75) is 51.8 Å². The van der Waals surface area contributed by atoms with Crippen molar-refractivity contribution in [1.29, 1.82) is 0 Å². The summed E-state index contributed by atoms with van der Waals surface area (Å²) in [7, 11) is 0. The van der Waals surface area contributed by atoms with Crippen molar-refractivity contribution < 1.29 is 22.7 Å². The standard InChI is InChI=1S/C17H22F3N3O2/c1-15(2,3)25-14(24)23-9-16(10-23)5-11(6-16)4-13-21-7-12(8-22-13)17(18,19)20/h7-8,11H,4-6,9-10H2,1-3H3. The molecule has 8 heteroatoms. The van der Waals surface area contributed by atoms with Crippen molar-refractivity contribution >= 4 is 6.09 Å². The predicted octanol–water partition coefficient (Wildman–Crippen LogP) is 3.69. The summed E-state index contributed by atoms with van der Waals surface area (Å²) in [6, 6.07) is 0. The van der Waals surface area contributed by atoms with E-state index in [2.05, 4.69) is 9.97 Å². The molecule has 1 aliphatic heterocycles. The highest BCUT2D eigenvalue weighted by Gasteiger charge is 2.54. The van der Waals surface area contributed by atoms with Crippen LogP contribution >= 0.6 is 0 Å². The van der Waals surface area contributed by atoms with Crippen LogP contribution in [0.3, 0.4) is 0 Å². The van der Waals surface area contributed by atoms with E-state index in [-0.39, 0.29) is 11.5 Å². The van der Waals surface area contributed by atoms with Crippen LogP contribution in [-0.2, 0) is 17.3 Å². The Bertz CT molecular complexity index is 639. The van der Waals surface area contributed by atoms with Crippen molar-refractivity contribution in [1.82, 2.24) is 14.9 Å².